The van der Waals surface area contributed by atoms with Gasteiger partial charge in [0.25, 0.3) is 0 Å². The Balaban J connectivity index is 1.72. The monoisotopic (exact) mass is 304 g/mol. The fourth-order valence-electron chi connectivity index (χ4n) is 2.37. The third kappa shape index (κ3) is 2.21. The van der Waals surface area contributed by atoms with Crippen LogP contribution < -0.4 is 5.73 Å². The van der Waals surface area contributed by atoms with E-state index in [-0.39, 0.29) is 0 Å². The second kappa shape index (κ2) is 5.20. The summed E-state index contributed by atoms with van der Waals surface area (Å²) in [6.07, 6.45) is 0. The normalized spacial score (nSPS) is 14.9. The van der Waals surface area contributed by atoms with Crippen LogP contribution in [0.1, 0.15) is 11.1 Å². The average molecular weight is 304 g/mol. The topological polar surface area (TPSA) is 63.6 Å². The fraction of sp³-hybridized carbons (Fsp3) is 0. The van der Waals surface area contributed by atoms with Crippen LogP contribution in [0.4, 0.5) is 5.13 Å². The molecule has 0 atom stereocenters. The summed E-state index contributed by atoms with van der Waals surface area (Å²) in [6.45, 7) is 0. The van der Waals surface area contributed by atoms with Gasteiger partial charge in [-0.2, -0.15) is 4.99 Å². The van der Waals surface area contributed by atoms with Gasteiger partial charge in [0.2, 0.25) is 5.13 Å². The van der Waals surface area contributed by atoms with Gasteiger partial charge >= 0.3 is 0 Å². The predicted octanol–water partition coefficient (Wildman–Crippen LogP) is 3.61. The summed E-state index contributed by atoms with van der Waals surface area (Å²) >= 11 is 1.50. The molecule has 3 aromatic rings. The number of amidine groups is 2. The molecular formula is C17H12N4S. The van der Waals surface area contributed by atoms with E-state index in [1.54, 1.807) is 0 Å². The number of hydrogen-bond donors (Lipinski definition) is 1. The van der Waals surface area contributed by atoms with E-state index in [9.17, 15) is 0 Å². The third-order valence-corrected chi connectivity index (χ3v) is 4.17. The highest BCUT2D eigenvalue weighted by atomic mass is 32.1. The fourth-order valence-corrected chi connectivity index (χ4v) is 3.07. The summed E-state index contributed by atoms with van der Waals surface area (Å²) < 4.78 is 0. The van der Waals surface area contributed by atoms with Crippen molar-refractivity contribution in [3.63, 3.8) is 0 Å². The van der Waals surface area contributed by atoms with Crippen molar-refractivity contribution >= 4 is 28.1 Å². The minimum Gasteiger partial charge on any atom is -0.383 e. The van der Waals surface area contributed by atoms with E-state index < -0.39 is 0 Å². The Bertz CT molecular complexity index is 894. The van der Waals surface area contributed by atoms with Crippen LogP contribution in [0, 0.1) is 0 Å². The lowest BCUT2D eigenvalue weighted by molar-refractivity contribution is 1.34. The van der Waals surface area contributed by atoms with Crippen molar-refractivity contribution in [3.8, 4) is 11.3 Å². The standard InChI is InChI=1S/C17H12N4S/c18-15-12-8-4-5-9-13(12)16(20-15)21-17-19-14(10-22-17)11-6-2-1-3-7-11/h1-10H,(H2,18,19,20,21). The van der Waals surface area contributed by atoms with Crippen LogP contribution in [0.2, 0.25) is 0 Å². The molecule has 0 bridgehead atoms. The summed E-state index contributed by atoms with van der Waals surface area (Å²) in [4.78, 5) is 13.5. The number of rotatable bonds is 2. The molecule has 0 spiro atoms. The highest BCUT2D eigenvalue weighted by Crippen LogP contribution is 2.28. The number of nitrogens with zero attached hydrogens (tertiary/aromatic N) is 3. The van der Waals surface area contributed by atoms with E-state index in [2.05, 4.69) is 15.0 Å². The van der Waals surface area contributed by atoms with E-state index in [1.165, 1.54) is 11.3 Å². The number of fused-ring (bicyclic) bond motifs is 1. The molecule has 106 valence electrons. The Morgan fingerprint density at radius 2 is 1.64 bits per heavy atom. The number of benzene rings is 2. The molecule has 2 heterocycles. The number of nitrogens with two attached hydrogens (primary N) is 1. The molecule has 2 aromatic carbocycles. The Morgan fingerprint density at radius 1 is 0.909 bits per heavy atom. The molecular weight excluding hydrogens is 292 g/mol. The van der Waals surface area contributed by atoms with Crippen molar-refractivity contribution in [3.05, 3.63) is 71.1 Å². The third-order valence-electron chi connectivity index (χ3n) is 3.43. The Labute approximate surface area is 131 Å². The van der Waals surface area contributed by atoms with Gasteiger partial charge in [-0.05, 0) is 0 Å². The molecule has 0 radical (unpaired) electrons. The summed E-state index contributed by atoms with van der Waals surface area (Å²) in [6, 6.07) is 17.9. The van der Waals surface area contributed by atoms with Gasteiger partial charge in [-0.25, -0.2) is 9.98 Å². The van der Waals surface area contributed by atoms with Crippen LogP contribution in [-0.4, -0.2) is 16.7 Å². The SMILES string of the molecule is NC1=NC(=Nc2nc(-c3ccccc3)cs2)c2ccccc21. The maximum Gasteiger partial charge on any atom is 0.211 e. The maximum absolute atomic E-state index is 5.94. The molecule has 0 amide bonds. The highest BCUT2D eigenvalue weighted by molar-refractivity contribution is 7.13. The lowest BCUT2D eigenvalue weighted by Gasteiger charge is -1.97. The van der Waals surface area contributed by atoms with Crippen LogP contribution in [0.5, 0.6) is 0 Å². The first-order valence-corrected chi connectivity index (χ1v) is 7.73. The van der Waals surface area contributed by atoms with Crippen LogP contribution in [0.15, 0.2) is 70.0 Å². The van der Waals surface area contributed by atoms with E-state index in [1.807, 2.05) is 60.0 Å². The van der Waals surface area contributed by atoms with Crippen molar-refractivity contribution in [2.24, 2.45) is 15.7 Å². The van der Waals surface area contributed by atoms with Crippen molar-refractivity contribution in [2.75, 3.05) is 0 Å². The summed E-state index contributed by atoms with van der Waals surface area (Å²) in [7, 11) is 0. The Kier molecular flexibility index (Phi) is 3.05. The maximum atomic E-state index is 5.94. The minimum atomic E-state index is 0.509. The molecule has 1 aliphatic heterocycles. The van der Waals surface area contributed by atoms with Crippen LogP contribution >= 0.6 is 11.3 Å². The summed E-state index contributed by atoms with van der Waals surface area (Å²) in [5, 5.41) is 2.69. The van der Waals surface area contributed by atoms with E-state index in [0.29, 0.717) is 16.8 Å². The van der Waals surface area contributed by atoms with Gasteiger partial charge in [-0.1, -0.05) is 54.6 Å². The molecule has 0 saturated carbocycles. The predicted molar refractivity (Wildman–Crippen MR) is 90.9 cm³/mol. The molecule has 0 aliphatic carbocycles. The average Bonchev–Trinajstić information content (AvgIpc) is 3.15. The van der Waals surface area contributed by atoms with Gasteiger partial charge in [0, 0.05) is 22.1 Å². The first-order valence-electron chi connectivity index (χ1n) is 6.85. The van der Waals surface area contributed by atoms with Crippen LogP contribution in [-0.2, 0) is 0 Å². The lowest BCUT2D eigenvalue weighted by atomic mass is 10.1. The first-order chi connectivity index (χ1) is 10.8. The molecule has 22 heavy (non-hydrogen) atoms. The van der Waals surface area contributed by atoms with Gasteiger partial charge in [-0.3, -0.25) is 0 Å². The molecule has 1 aliphatic rings. The molecule has 4 nitrogen and oxygen atoms in total. The summed E-state index contributed by atoms with van der Waals surface area (Å²) in [5.74, 6) is 1.14. The molecule has 2 N–H and O–H groups in total. The van der Waals surface area contributed by atoms with Gasteiger partial charge < -0.3 is 5.73 Å². The highest BCUT2D eigenvalue weighted by Gasteiger charge is 2.19. The van der Waals surface area contributed by atoms with Gasteiger partial charge in [-0.15, -0.1) is 11.3 Å². The molecule has 5 heteroatoms. The zero-order chi connectivity index (χ0) is 14.9. The van der Waals surface area contributed by atoms with E-state index in [0.717, 1.165) is 22.4 Å². The summed E-state index contributed by atoms with van der Waals surface area (Å²) in [5.41, 5.74) is 9.83. The van der Waals surface area contributed by atoms with Crippen molar-refractivity contribution in [2.45, 2.75) is 0 Å². The molecule has 0 unspecified atom stereocenters. The van der Waals surface area contributed by atoms with Crippen molar-refractivity contribution in [1.29, 1.82) is 0 Å². The molecule has 0 saturated heterocycles. The zero-order valence-corrected chi connectivity index (χ0v) is 12.4. The number of aromatic nitrogens is 1. The number of hydrogen-bond acceptors (Lipinski definition) is 4. The van der Waals surface area contributed by atoms with Crippen LogP contribution in [0.25, 0.3) is 11.3 Å². The van der Waals surface area contributed by atoms with Crippen molar-refractivity contribution in [1.82, 2.24) is 4.98 Å². The first kappa shape index (κ1) is 12.9. The van der Waals surface area contributed by atoms with Gasteiger partial charge in [0.05, 0.1) is 5.69 Å². The lowest BCUT2D eigenvalue weighted by Crippen LogP contribution is -2.09. The Morgan fingerprint density at radius 3 is 2.45 bits per heavy atom. The second-order valence-electron chi connectivity index (χ2n) is 4.86. The largest absolute Gasteiger partial charge is 0.383 e. The van der Waals surface area contributed by atoms with E-state index in [4.69, 9.17) is 5.73 Å². The van der Waals surface area contributed by atoms with Crippen LogP contribution in [0.3, 0.4) is 0 Å². The number of thiazole rings is 1. The molecule has 0 fully saturated rings. The zero-order valence-electron chi connectivity index (χ0n) is 11.6. The quantitative estimate of drug-likeness (QED) is 0.786. The van der Waals surface area contributed by atoms with Gasteiger partial charge in [0.15, 0.2) is 5.84 Å². The van der Waals surface area contributed by atoms with Gasteiger partial charge in [0.1, 0.15) is 5.84 Å². The number of aliphatic imine (C=N–C) groups is 2. The Hall–Kier alpha value is -2.79. The molecule has 1 aromatic heterocycles. The smallest absolute Gasteiger partial charge is 0.211 e. The molecule has 4 rings (SSSR count). The van der Waals surface area contributed by atoms with E-state index >= 15 is 0 Å². The second-order valence-corrected chi connectivity index (χ2v) is 5.70. The van der Waals surface area contributed by atoms with Crippen molar-refractivity contribution < 1.29 is 0 Å². The minimum absolute atomic E-state index is 0.509.